The van der Waals surface area contributed by atoms with Crippen molar-refractivity contribution >= 4 is 10.9 Å². The quantitative estimate of drug-likeness (QED) is 0.746. The van der Waals surface area contributed by atoms with Gasteiger partial charge in [-0.15, -0.1) is 0 Å². The lowest BCUT2D eigenvalue weighted by atomic mass is 9.88. The molecule has 2 aliphatic heterocycles. The number of hydrogen-bond acceptors (Lipinski definition) is 3. The summed E-state index contributed by atoms with van der Waals surface area (Å²) in [6.45, 7) is 5.14. The molecule has 5 heteroatoms. The average molecular weight is 359 g/mol. The van der Waals surface area contributed by atoms with Gasteiger partial charge in [0.25, 0.3) is 0 Å². The number of fused-ring (bicyclic) bond motifs is 3. The summed E-state index contributed by atoms with van der Waals surface area (Å²) in [6, 6.07) is 6.39. The van der Waals surface area contributed by atoms with Crippen LogP contribution in [0.4, 0.5) is 4.39 Å². The van der Waals surface area contributed by atoms with Crippen molar-refractivity contribution in [2.75, 3.05) is 20.3 Å². The minimum atomic E-state index is -0.192. The maximum Gasteiger partial charge on any atom is 0.125 e. The third kappa shape index (κ3) is 3.65. The van der Waals surface area contributed by atoms with Crippen molar-refractivity contribution in [3.05, 3.63) is 30.2 Å². The highest BCUT2D eigenvalue weighted by molar-refractivity contribution is 5.78. The summed E-state index contributed by atoms with van der Waals surface area (Å²) in [4.78, 5) is 2.75. The molecular weight excluding hydrogens is 329 g/mol. The fourth-order valence-corrected chi connectivity index (χ4v) is 5.11. The fraction of sp³-hybridized carbons (Fsp3) is 0.667. The van der Waals surface area contributed by atoms with E-state index in [-0.39, 0.29) is 5.82 Å². The van der Waals surface area contributed by atoms with Crippen molar-refractivity contribution in [2.24, 2.45) is 11.8 Å². The maximum atomic E-state index is 13.6. The Morgan fingerprint density at radius 1 is 1.23 bits per heavy atom. The summed E-state index contributed by atoms with van der Waals surface area (Å²) in [7, 11) is 1.80. The van der Waals surface area contributed by atoms with Crippen LogP contribution < -0.4 is 0 Å². The van der Waals surface area contributed by atoms with E-state index in [4.69, 9.17) is 4.74 Å². The molecule has 3 atom stereocenters. The van der Waals surface area contributed by atoms with Gasteiger partial charge in [-0.05, 0) is 62.1 Å². The van der Waals surface area contributed by atoms with Crippen LogP contribution in [0.5, 0.6) is 0 Å². The van der Waals surface area contributed by atoms with Crippen molar-refractivity contribution in [3.8, 4) is 0 Å². The van der Waals surface area contributed by atoms with E-state index in [1.54, 1.807) is 13.2 Å². The molecule has 0 amide bonds. The first-order valence-electron chi connectivity index (χ1n) is 9.99. The van der Waals surface area contributed by atoms with Crippen molar-refractivity contribution in [1.82, 2.24) is 14.7 Å². The Balaban J connectivity index is 1.38. The van der Waals surface area contributed by atoms with Gasteiger partial charge in [-0.2, -0.15) is 5.10 Å². The Kier molecular flexibility index (Phi) is 5.28. The normalized spacial score (nSPS) is 27.3. The van der Waals surface area contributed by atoms with Crippen molar-refractivity contribution in [3.63, 3.8) is 0 Å². The molecule has 0 aliphatic carbocycles. The Labute approximate surface area is 155 Å². The van der Waals surface area contributed by atoms with E-state index in [1.165, 1.54) is 38.2 Å². The lowest BCUT2D eigenvalue weighted by molar-refractivity contribution is 0.0700. The molecule has 2 fully saturated rings. The van der Waals surface area contributed by atoms with Crippen LogP contribution in [0.15, 0.2) is 24.4 Å². The molecule has 1 aromatic heterocycles. The van der Waals surface area contributed by atoms with E-state index in [9.17, 15) is 4.39 Å². The van der Waals surface area contributed by atoms with Crippen LogP contribution in [0, 0.1) is 17.7 Å². The van der Waals surface area contributed by atoms with Gasteiger partial charge in [0.1, 0.15) is 5.82 Å². The van der Waals surface area contributed by atoms with E-state index in [2.05, 4.69) is 16.9 Å². The fourth-order valence-electron chi connectivity index (χ4n) is 5.11. The third-order valence-corrected chi connectivity index (χ3v) is 6.33. The number of piperidine rings is 1. The predicted octanol–water partition coefficient (Wildman–Crippen LogP) is 4.09. The van der Waals surface area contributed by atoms with E-state index in [0.29, 0.717) is 5.92 Å². The van der Waals surface area contributed by atoms with Crippen molar-refractivity contribution in [2.45, 2.75) is 57.7 Å². The molecular formula is C21H30FN3O. The van der Waals surface area contributed by atoms with Crippen LogP contribution in [0.3, 0.4) is 0 Å². The number of rotatable bonds is 7. The SMILES string of the molecule is COCCC1CC2CCC(C1)N2CC(C)Cn1ncc2ccc(F)cc21. The molecule has 2 aromatic rings. The highest BCUT2D eigenvalue weighted by atomic mass is 19.1. The average Bonchev–Trinajstić information content (AvgIpc) is 3.10. The largest absolute Gasteiger partial charge is 0.385 e. The Morgan fingerprint density at radius 3 is 2.73 bits per heavy atom. The molecule has 3 unspecified atom stereocenters. The van der Waals surface area contributed by atoms with Gasteiger partial charge in [0.05, 0.1) is 11.7 Å². The van der Waals surface area contributed by atoms with Crippen LogP contribution in [0.2, 0.25) is 0 Å². The lowest BCUT2D eigenvalue weighted by Crippen LogP contribution is -2.45. The topological polar surface area (TPSA) is 30.3 Å². The zero-order chi connectivity index (χ0) is 18.1. The number of hydrogen-bond donors (Lipinski definition) is 0. The molecule has 2 bridgehead atoms. The number of benzene rings is 1. The van der Waals surface area contributed by atoms with E-state index >= 15 is 0 Å². The molecule has 3 heterocycles. The summed E-state index contributed by atoms with van der Waals surface area (Å²) in [5, 5.41) is 5.50. The molecule has 0 saturated carbocycles. The Bertz CT molecular complexity index is 732. The summed E-state index contributed by atoms with van der Waals surface area (Å²) in [6.07, 6.45) is 8.38. The zero-order valence-electron chi connectivity index (χ0n) is 15.9. The van der Waals surface area contributed by atoms with Gasteiger partial charge in [0.2, 0.25) is 0 Å². The summed E-state index contributed by atoms with van der Waals surface area (Å²) < 4.78 is 20.8. The van der Waals surface area contributed by atoms with Crippen LogP contribution in [-0.4, -0.2) is 47.0 Å². The first-order chi connectivity index (χ1) is 12.6. The van der Waals surface area contributed by atoms with Crippen molar-refractivity contribution in [1.29, 1.82) is 0 Å². The summed E-state index contributed by atoms with van der Waals surface area (Å²) in [5.41, 5.74) is 0.901. The lowest BCUT2D eigenvalue weighted by Gasteiger charge is -2.40. The maximum absolute atomic E-state index is 13.6. The highest BCUT2D eigenvalue weighted by Crippen LogP contribution is 2.40. The van der Waals surface area contributed by atoms with Crippen LogP contribution in [0.1, 0.15) is 39.0 Å². The molecule has 0 radical (unpaired) electrons. The second-order valence-electron chi connectivity index (χ2n) is 8.34. The van der Waals surface area contributed by atoms with Gasteiger partial charge in [0.15, 0.2) is 0 Å². The monoisotopic (exact) mass is 359 g/mol. The van der Waals surface area contributed by atoms with E-state index in [1.807, 2.05) is 16.9 Å². The Morgan fingerprint density at radius 2 is 2.00 bits per heavy atom. The van der Waals surface area contributed by atoms with Crippen molar-refractivity contribution < 1.29 is 9.13 Å². The van der Waals surface area contributed by atoms with E-state index in [0.717, 1.165) is 48.6 Å². The van der Waals surface area contributed by atoms with Gasteiger partial charge in [0, 0.05) is 44.3 Å². The van der Waals surface area contributed by atoms with Gasteiger partial charge in [-0.1, -0.05) is 6.92 Å². The highest BCUT2D eigenvalue weighted by Gasteiger charge is 2.40. The van der Waals surface area contributed by atoms with Gasteiger partial charge >= 0.3 is 0 Å². The minimum Gasteiger partial charge on any atom is -0.385 e. The predicted molar refractivity (Wildman–Crippen MR) is 102 cm³/mol. The minimum absolute atomic E-state index is 0.192. The molecule has 4 nitrogen and oxygen atoms in total. The molecule has 26 heavy (non-hydrogen) atoms. The molecule has 0 spiro atoms. The number of aromatic nitrogens is 2. The first-order valence-corrected chi connectivity index (χ1v) is 9.99. The molecule has 1 aromatic carbocycles. The third-order valence-electron chi connectivity index (χ3n) is 6.33. The first kappa shape index (κ1) is 17.9. The number of halogens is 1. The summed E-state index contributed by atoms with van der Waals surface area (Å²) >= 11 is 0. The second kappa shape index (κ2) is 7.65. The van der Waals surface area contributed by atoms with Crippen LogP contribution in [0.25, 0.3) is 10.9 Å². The summed E-state index contributed by atoms with van der Waals surface area (Å²) in [5.74, 6) is 1.14. The molecule has 142 valence electrons. The van der Waals surface area contributed by atoms with Crippen LogP contribution >= 0.6 is 0 Å². The number of methoxy groups -OCH3 is 1. The molecule has 4 rings (SSSR count). The molecule has 2 saturated heterocycles. The van der Waals surface area contributed by atoms with Gasteiger partial charge in [-0.3, -0.25) is 9.58 Å². The van der Waals surface area contributed by atoms with Gasteiger partial charge < -0.3 is 4.74 Å². The Hall–Kier alpha value is -1.46. The van der Waals surface area contributed by atoms with Gasteiger partial charge in [-0.25, -0.2) is 4.39 Å². The zero-order valence-corrected chi connectivity index (χ0v) is 15.9. The number of nitrogens with zero attached hydrogens (tertiary/aromatic N) is 3. The standard InChI is InChI=1S/C21H30FN3O/c1-15(14-25-21-11-18(22)4-3-17(21)12-23-25)13-24-19-5-6-20(24)10-16(9-19)7-8-26-2/h3-4,11-12,15-16,19-20H,5-10,13-14H2,1-2H3. The van der Waals surface area contributed by atoms with E-state index < -0.39 is 0 Å². The second-order valence-corrected chi connectivity index (χ2v) is 8.34. The number of ether oxygens (including phenoxy) is 1. The molecule has 0 N–H and O–H groups in total. The smallest absolute Gasteiger partial charge is 0.125 e. The molecule has 2 aliphatic rings. The van der Waals surface area contributed by atoms with Crippen LogP contribution in [-0.2, 0) is 11.3 Å².